The lowest BCUT2D eigenvalue weighted by molar-refractivity contribution is 0.0983. The zero-order valence-electron chi connectivity index (χ0n) is 7.57. The number of nitrogens with one attached hydrogen (secondary N) is 1. The van der Waals surface area contributed by atoms with E-state index in [2.05, 4.69) is 25.6 Å². The Morgan fingerprint density at radius 1 is 1.47 bits per heavy atom. The van der Waals surface area contributed by atoms with Gasteiger partial charge in [-0.25, -0.2) is 0 Å². The number of aromatic nitrogens is 2. The van der Waals surface area contributed by atoms with Gasteiger partial charge < -0.3 is 11.2 Å². The number of anilines is 1. The van der Waals surface area contributed by atoms with Crippen LogP contribution < -0.4 is 11.2 Å². The molecule has 0 saturated heterocycles. The number of ketones is 1. The summed E-state index contributed by atoms with van der Waals surface area (Å²) in [5.41, 5.74) is 0.305. The van der Waals surface area contributed by atoms with Crippen LogP contribution >= 0.6 is 11.6 Å². The number of carbonyl (C=O) groups excluding carboxylic acids is 1. The number of nitrogens with two attached hydrogens (primary N) is 1. The van der Waals surface area contributed by atoms with Gasteiger partial charge in [-0.2, -0.15) is 9.97 Å². The highest BCUT2D eigenvalue weighted by Gasteiger charge is 2.23. The molecule has 1 aliphatic rings. The van der Waals surface area contributed by atoms with E-state index in [1.807, 2.05) is 0 Å². The number of hydrogen-bond donors (Lipinski definition) is 2. The Kier molecular flexibility index (Phi) is 2.46. The van der Waals surface area contributed by atoms with Crippen LogP contribution in [-0.4, -0.2) is 22.3 Å². The van der Waals surface area contributed by atoms with Crippen LogP contribution in [0.1, 0.15) is 16.8 Å². The minimum atomic E-state index is -0.0787. The number of Topliss-reactive ketones (excluding diaryl/α,β-unsaturated/α-hetero) is 1. The molecule has 0 aromatic carbocycles. The molecule has 1 aromatic rings. The molecule has 0 bridgehead atoms. The van der Waals surface area contributed by atoms with E-state index >= 15 is 0 Å². The summed E-state index contributed by atoms with van der Waals surface area (Å²) in [6.07, 6.45) is 0.383. The maximum atomic E-state index is 11.5. The first-order chi connectivity index (χ1) is 7.22. The molecule has 15 heavy (non-hydrogen) atoms. The van der Waals surface area contributed by atoms with Crippen LogP contribution in [0.2, 0.25) is 5.15 Å². The Balaban J connectivity index is 2.55. The molecular weight excluding hydrogens is 220 g/mol. The van der Waals surface area contributed by atoms with Gasteiger partial charge in [0.15, 0.2) is 5.78 Å². The lowest BCUT2D eigenvalue weighted by Gasteiger charge is -2.15. The monoisotopic (exact) mass is 226 g/mol. The lowest BCUT2D eigenvalue weighted by Crippen LogP contribution is -2.20. The Morgan fingerprint density at radius 3 is 3.00 bits per heavy atom. The van der Waals surface area contributed by atoms with Crippen molar-refractivity contribution < 1.29 is 4.79 Å². The molecule has 2 rings (SSSR count). The first-order valence-electron chi connectivity index (χ1n) is 4.18. The fourth-order valence-corrected chi connectivity index (χ4v) is 1.58. The Labute approximate surface area is 89.7 Å². The van der Waals surface area contributed by atoms with E-state index in [0.717, 1.165) is 0 Å². The molecule has 7 nitrogen and oxygen atoms in total. The van der Waals surface area contributed by atoms with Crippen LogP contribution in [0.4, 0.5) is 11.8 Å². The Hall–Kier alpha value is -1.76. The zero-order chi connectivity index (χ0) is 10.8. The number of carbonyl (C=O) groups is 1. The van der Waals surface area contributed by atoms with E-state index in [9.17, 15) is 4.79 Å². The number of hydrogen-bond acceptors (Lipinski definition) is 6. The van der Waals surface area contributed by atoms with Gasteiger partial charge in [0.05, 0.1) is 5.56 Å². The van der Waals surface area contributed by atoms with Crippen molar-refractivity contribution in [2.45, 2.75) is 6.42 Å². The van der Waals surface area contributed by atoms with Gasteiger partial charge in [-0.15, -0.1) is 0 Å². The van der Waals surface area contributed by atoms with Gasteiger partial charge in [0.25, 0.3) is 5.95 Å². The molecule has 8 heteroatoms. The molecule has 2 heterocycles. The van der Waals surface area contributed by atoms with Crippen molar-refractivity contribution >= 4 is 29.2 Å². The average molecular weight is 227 g/mol. The molecule has 0 fully saturated rings. The number of rotatable bonds is 1. The van der Waals surface area contributed by atoms with E-state index in [0.29, 0.717) is 24.3 Å². The van der Waals surface area contributed by atoms with Crippen LogP contribution in [-0.2, 0) is 0 Å². The van der Waals surface area contributed by atoms with E-state index < -0.39 is 0 Å². The van der Waals surface area contributed by atoms with Gasteiger partial charge in [-0.05, 0) is 0 Å². The highest BCUT2D eigenvalue weighted by Crippen LogP contribution is 2.27. The van der Waals surface area contributed by atoms with Gasteiger partial charge in [0.1, 0.15) is 11.0 Å². The lowest BCUT2D eigenvalue weighted by atomic mass is 10.1. The van der Waals surface area contributed by atoms with Crippen molar-refractivity contribution in [1.29, 1.82) is 0 Å². The largest absolute Gasteiger partial charge is 0.369 e. The first kappa shape index (κ1) is 9.78. The van der Waals surface area contributed by atoms with Gasteiger partial charge in [0, 0.05) is 13.0 Å². The van der Waals surface area contributed by atoms with Gasteiger partial charge in [-0.1, -0.05) is 21.9 Å². The fraction of sp³-hybridized carbons (Fsp3) is 0.286. The predicted molar refractivity (Wildman–Crippen MR) is 53.2 cm³/mol. The molecule has 1 aromatic heterocycles. The van der Waals surface area contributed by atoms with Crippen LogP contribution in [0, 0.1) is 0 Å². The molecule has 0 saturated carbocycles. The van der Waals surface area contributed by atoms with E-state index in [-0.39, 0.29) is 16.9 Å². The maximum absolute atomic E-state index is 11.5. The van der Waals surface area contributed by atoms with Crippen molar-refractivity contribution in [2.24, 2.45) is 16.2 Å². The first-order valence-corrected chi connectivity index (χ1v) is 4.55. The summed E-state index contributed by atoms with van der Waals surface area (Å²) in [7, 11) is 0. The molecule has 0 aliphatic carbocycles. The molecule has 0 amide bonds. The van der Waals surface area contributed by atoms with Crippen LogP contribution in [0.5, 0.6) is 0 Å². The Morgan fingerprint density at radius 2 is 2.27 bits per heavy atom. The normalized spacial score (nSPS) is 15.1. The topological polar surface area (TPSA) is 106 Å². The van der Waals surface area contributed by atoms with E-state index in [1.165, 1.54) is 0 Å². The fourth-order valence-electron chi connectivity index (χ4n) is 1.31. The second-order valence-corrected chi connectivity index (χ2v) is 3.21. The summed E-state index contributed by atoms with van der Waals surface area (Å²) >= 11 is 5.82. The van der Waals surface area contributed by atoms with Crippen molar-refractivity contribution in [3.05, 3.63) is 10.7 Å². The molecule has 0 spiro atoms. The second kappa shape index (κ2) is 3.77. The number of halogens is 1. The van der Waals surface area contributed by atoms with Crippen molar-refractivity contribution in [2.75, 3.05) is 11.9 Å². The van der Waals surface area contributed by atoms with E-state index in [1.54, 1.807) is 0 Å². The minimum absolute atomic E-state index is 0.0310. The highest BCUT2D eigenvalue weighted by molar-refractivity contribution is 6.33. The second-order valence-electron chi connectivity index (χ2n) is 2.85. The molecule has 78 valence electrons. The summed E-state index contributed by atoms with van der Waals surface area (Å²) < 4.78 is 0. The molecule has 0 unspecified atom stereocenters. The summed E-state index contributed by atoms with van der Waals surface area (Å²) in [5, 5.41) is 9.49. The average Bonchev–Trinajstić information content (AvgIpc) is 2.17. The summed E-state index contributed by atoms with van der Waals surface area (Å²) in [6, 6.07) is 0. The van der Waals surface area contributed by atoms with Crippen molar-refractivity contribution in [3.8, 4) is 0 Å². The SMILES string of the molecule is NN=Nc1nc(Cl)c2c(n1)NCCC2=O. The van der Waals surface area contributed by atoms with E-state index in [4.69, 9.17) is 17.4 Å². The maximum Gasteiger partial charge on any atom is 0.274 e. The minimum Gasteiger partial charge on any atom is -0.369 e. The summed E-state index contributed by atoms with van der Waals surface area (Å²) in [6.45, 7) is 0.526. The molecule has 3 N–H and O–H groups in total. The van der Waals surface area contributed by atoms with Crippen LogP contribution in [0.3, 0.4) is 0 Å². The number of fused-ring (bicyclic) bond motifs is 1. The summed E-state index contributed by atoms with van der Waals surface area (Å²) in [4.78, 5) is 19.2. The van der Waals surface area contributed by atoms with Crippen molar-refractivity contribution in [3.63, 3.8) is 0 Å². The van der Waals surface area contributed by atoms with Gasteiger partial charge in [0.2, 0.25) is 0 Å². The van der Waals surface area contributed by atoms with Crippen LogP contribution in [0.25, 0.3) is 0 Å². The van der Waals surface area contributed by atoms with Crippen LogP contribution in [0.15, 0.2) is 10.3 Å². The third kappa shape index (κ3) is 1.73. The van der Waals surface area contributed by atoms with Gasteiger partial charge >= 0.3 is 0 Å². The molecular formula is C7H7ClN6O. The quantitative estimate of drug-likeness (QED) is 0.323. The predicted octanol–water partition coefficient (Wildman–Crippen LogP) is 1.09. The van der Waals surface area contributed by atoms with Crippen molar-refractivity contribution in [1.82, 2.24) is 9.97 Å². The van der Waals surface area contributed by atoms with Gasteiger partial charge in [-0.3, -0.25) is 4.79 Å². The zero-order valence-corrected chi connectivity index (χ0v) is 8.32. The molecule has 0 atom stereocenters. The standard InChI is InChI=1S/C7H7ClN6O/c8-5-4-3(15)1-2-10-6(4)12-7(11-5)13-14-9/h1-2H2,(H3,9,10,11,12,13). The summed E-state index contributed by atoms with van der Waals surface area (Å²) in [5.74, 6) is 5.20. The molecule has 0 radical (unpaired) electrons. The highest BCUT2D eigenvalue weighted by atomic mass is 35.5. The number of nitrogens with zero attached hydrogens (tertiary/aromatic N) is 4. The third-order valence-electron chi connectivity index (χ3n) is 1.92. The smallest absolute Gasteiger partial charge is 0.274 e. The molecule has 1 aliphatic heterocycles. The third-order valence-corrected chi connectivity index (χ3v) is 2.20. The Bertz CT molecular complexity index is 445.